The summed E-state index contributed by atoms with van der Waals surface area (Å²) in [7, 11) is 1.67. The van der Waals surface area contributed by atoms with E-state index >= 15 is 0 Å². The van der Waals surface area contributed by atoms with Crippen molar-refractivity contribution in [1.82, 2.24) is 20.5 Å². The molecule has 4 aromatic rings. The minimum Gasteiger partial charge on any atom is -0.370 e. The Morgan fingerprint density at radius 3 is 2.10 bits per heavy atom. The monoisotopic (exact) mass is 525 g/mol. The number of aromatic amines is 1. The van der Waals surface area contributed by atoms with Crippen molar-refractivity contribution in [2.45, 2.75) is 31.5 Å². The number of carbonyl (C=O) groups excluding carboxylic acids is 4. The highest BCUT2D eigenvalue weighted by molar-refractivity contribution is 6.08. The van der Waals surface area contributed by atoms with E-state index in [2.05, 4.69) is 15.6 Å². The molecule has 9 nitrogen and oxygen atoms in total. The van der Waals surface area contributed by atoms with E-state index in [9.17, 15) is 19.2 Å². The molecule has 0 bridgehead atoms. The Hall–Kier alpha value is -4.92. The van der Waals surface area contributed by atoms with Gasteiger partial charge in [0.25, 0.3) is 5.91 Å². The van der Waals surface area contributed by atoms with Gasteiger partial charge in [-0.25, -0.2) is 0 Å². The fraction of sp³-hybridized carbons (Fsp3) is 0.200. The number of aromatic nitrogens is 1. The van der Waals surface area contributed by atoms with Crippen LogP contribution in [0.15, 0.2) is 91.1 Å². The van der Waals surface area contributed by atoms with Gasteiger partial charge in [0.2, 0.25) is 17.7 Å². The number of carbonyl (C=O) groups is 4. The molecule has 0 aliphatic rings. The van der Waals surface area contributed by atoms with Crippen molar-refractivity contribution in [2.24, 2.45) is 5.73 Å². The molecule has 4 rings (SSSR count). The van der Waals surface area contributed by atoms with E-state index in [0.29, 0.717) is 17.5 Å². The molecule has 0 saturated heterocycles. The molecule has 0 radical (unpaired) electrons. The van der Waals surface area contributed by atoms with Crippen molar-refractivity contribution in [3.63, 3.8) is 0 Å². The number of hydrogen-bond acceptors (Lipinski definition) is 4. The van der Waals surface area contributed by atoms with Gasteiger partial charge in [-0.2, -0.15) is 0 Å². The SMILES string of the molecule is CN(Cc1ccccc1)C(=O)[C@@H](Cc1ccccc1)NC(=O)C(CC(N)=O)NC(=O)c1c[nH]c2ccccc12. The molecule has 0 aliphatic heterocycles. The van der Waals surface area contributed by atoms with Crippen LogP contribution in [0.3, 0.4) is 0 Å². The molecule has 1 heterocycles. The largest absolute Gasteiger partial charge is 0.370 e. The van der Waals surface area contributed by atoms with Gasteiger partial charge < -0.3 is 26.3 Å². The number of nitrogens with zero attached hydrogens (tertiary/aromatic N) is 1. The summed E-state index contributed by atoms with van der Waals surface area (Å²) in [5.41, 5.74) is 8.28. The predicted octanol–water partition coefficient (Wildman–Crippen LogP) is 2.53. The van der Waals surface area contributed by atoms with Crippen LogP contribution in [-0.2, 0) is 27.3 Å². The van der Waals surface area contributed by atoms with Crippen LogP contribution in [0.2, 0.25) is 0 Å². The first-order valence-electron chi connectivity index (χ1n) is 12.6. The number of benzene rings is 3. The molecule has 2 atom stereocenters. The van der Waals surface area contributed by atoms with Gasteiger partial charge in [-0.3, -0.25) is 19.2 Å². The van der Waals surface area contributed by atoms with E-state index in [1.807, 2.05) is 72.8 Å². The third-order valence-electron chi connectivity index (χ3n) is 6.40. The minimum absolute atomic E-state index is 0.226. The number of hydrogen-bond donors (Lipinski definition) is 4. The number of primary amides is 1. The highest BCUT2D eigenvalue weighted by atomic mass is 16.2. The third-order valence-corrected chi connectivity index (χ3v) is 6.40. The molecule has 200 valence electrons. The van der Waals surface area contributed by atoms with Gasteiger partial charge in [0.05, 0.1) is 12.0 Å². The Morgan fingerprint density at radius 2 is 1.44 bits per heavy atom. The fourth-order valence-electron chi connectivity index (χ4n) is 4.43. The maximum Gasteiger partial charge on any atom is 0.254 e. The van der Waals surface area contributed by atoms with Gasteiger partial charge in [0, 0.05) is 37.1 Å². The van der Waals surface area contributed by atoms with E-state index in [1.54, 1.807) is 25.4 Å². The highest BCUT2D eigenvalue weighted by Crippen LogP contribution is 2.18. The molecular weight excluding hydrogens is 494 g/mol. The van der Waals surface area contributed by atoms with Crippen molar-refractivity contribution in [2.75, 3.05) is 7.05 Å². The number of nitrogens with one attached hydrogen (secondary N) is 3. The summed E-state index contributed by atoms with van der Waals surface area (Å²) in [6, 6.07) is 23.8. The van der Waals surface area contributed by atoms with Crippen LogP contribution in [-0.4, -0.2) is 52.6 Å². The lowest BCUT2D eigenvalue weighted by atomic mass is 10.0. The smallest absolute Gasteiger partial charge is 0.254 e. The zero-order valence-corrected chi connectivity index (χ0v) is 21.6. The van der Waals surface area contributed by atoms with Crippen molar-refractivity contribution in [1.29, 1.82) is 0 Å². The first kappa shape index (κ1) is 27.1. The Kier molecular flexibility index (Phi) is 8.73. The van der Waals surface area contributed by atoms with Gasteiger partial charge in [-0.1, -0.05) is 78.9 Å². The number of rotatable bonds is 11. The molecular formula is C30H31N5O4. The number of likely N-dealkylation sites (N-methyl/N-ethyl adjacent to an activating group) is 1. The molecule has 0 aliphatic carbocycles. The first-order chi connectivity index (χ1) is 18.8. The zero-order chi connectivity index (χ0) is 27.8. The Labute approximate surface area is 226 Å². The minimum atomic E-state index is -1.27. The standard InChI is InChI=1S/C30H31N5O4/c1-35(19-21-12-6-3-7-13-21)30(39)26(16-20-10-4-2-5-11-20)34-29(38)25(17-27(31)36)33-28(37)23-18-32-24-15-9-8-14-22(23)24/h2-15,18,25-26,32H,16-17,19H2,1H3,(H2,31,36)(H,33,37)(H,34,38)/t25?,26-/m1/s1. The predicted molar refractivity (Wildman–Crippen MR) is 148 cm³/mol. The summed E-state index contributed by atoms with van der Waals surface area (Å²) in [6.07, 6.45) is 1.34. The van der Waals surface area contributed by atoms with Crippen LogP contribution in [0.4, 0.5) is 0 Å². The van der Waals surface area contributed by atoms with Crippen LogP contribution in [0.25, 0.3) is 10.9 Å². The topological polar surface area (TPSA) is 137 Å². The molecule has 3 aromatic carbocycles. The second-order valence-electron chi connectivity index (χ2n) is 9.38. The lowest BCUT2D eigenvalue weighted by Crippen LogP contribution is -2.55. The Bertz CT molecular complexity index is 1450. The summed E-state index contributed by atoms with van der Waals surface area (Å²) in [5.74, 6) is -2.29. The molecule has 0 fully saturated rings. The summed E-state index contributed by atoms with van der Waals surface area (Å²) < 4.78 is 0. The van der Waals surface area contributed by atoms with E-state index in [0.717, 1.165) is 16.6 Å². The first-order valence-corrected chi connectivity index (χ1v) is 12.6. The fourth-order valence-corrected chi connectivity index (χ4v) is 4.43. The lowest BCUT2D eigenvalue weighted by Gasteiger charge is -2.27. The molecule has 1 unspecified atom stereocenters. The number of H-pyrrole nitrogens is 1. The van der Waals surface area contributed by atoms with Crippen LogP contribution >= 0.6 is 0 Å². The van der Waals surface area contributed by atoms with E-state index in [1.165, 1.54) is 4.90 Å². The Balaban J connectivity index is 1.53. The Morgan fingerprint density at radius 1 is 0.821 bits per heavy atom. The highest BCUT2D eigenvalue weighted by Gasteiger charge is 2.30. The van der Waals surface area contributed by atoms with Crippen LogP contribution in [0.1, 0.15) is 27.9 Å². The van der Waals surface area contributed by atoms with Gasteiger partial charge in [0.15, 0.2) is 0 Å². The number of amides is 4. The molecule has 9 heteroatoms. The third kappa shape index (κ3) is 7.10. The number of nitrogens with two attached hydrogens (primary N) is 1. The molecule has 5 N–H and O–H groups in total. The van der Waals surface area contributed by atoms with E-state index in [4.69, 9.17) is 5.73 Å². The van der Waals surface area contributed by atoms with Crippen molar-refractivity contribution >= 4 is 34.5 Å². The van der Waals surface area contributed by atoms with Crippen molar-refractivity contribution in [3.8, 4) is 0 Å². The van der Waals surface area contributed by atoms with Gasteiger partial charge in [-0.05, 0) is 17.2 Å². The van der Waals surface area contributed by atoms with Crippen molar-refractivity contribution < 1.29 is 19.2 Å². The molecule has 0 saturated carbocycles. The molecule has 39 heavy (non-hydrogen) atoms. The average Bonchev–Trinajstić information content (AvgIpc) is 3.37. The van der Waals surface area contributed by atoms with E-state index < -0.39 is 36.2 Å². The van der Waals surface area contributed by atoms with Gasteiger partial charge >= 0.3 is 0 Å². The van der Waals surface area contributed by atoms with E-state index in [-0.39, 0.29) is 12.3 Å². The second kappa shape index (κ2) is 12.6. The van der Waals surface area contributed by atoms with Crippen LogP contribution in [0.5, 0.6) is 0 Å². The average molecular weight is 526 g/mol. The molecule has 1 aromatic heterocycles. The quantitative estimate of drug-likeness (QED) is 0.239. The summed E-state index contributed by atoms with van der Waals surface area (Å²) in [4.78, 5) is 56.4. The van der Waals surface area contributed by atoms with Crippen LogP contribution < -0.4 is 16.4 Å². The molecule has 4 amide bonds. The normalized spacial score (nSPS) is 12.3. The summed E-state index contributed by atoms with van der Waals surface area (Å²) in [6.45, 7) is 0.350. The van der Waals surface area contributed by atoms with Gasteiger partial charge in [0.1, 0.15) is 12.1 Å². The lowest BCUT2D eigenvalue weighted by molar-refractivity contribution is -0.136. The summed E-state index contributed by atoms with van der Waals surface area (Å²) >= 11 is 0. The number of para-hydroxylation sites is 1. The maximum atomic E-state index is 13.5. The van der Waals surface area contributed by atoms with Gasteiger partial charge in [-0.15, -0.1) is 0 Å². The summed E-state index contributed by atoms with van der Waals surface area (Å²) in [5, 5.41) is 6.06. The zero-order valence-electron chi connectivity index (χ0n) is 21.6. The second-order valence-corrected chi connectivity index (χ2v) is 9.38. The number of fused-ring (bicyclic) bond motifs is 1. The maximum absolute atomic E-state index is 13.5. The van der Waals surface area contributed by atoms with Crippen molar-refractivity contribution in [3.05, 3.63) is 108 Å². The molecule has 0 spiro atoms. The van der Waals surface area contributed by atoms with Crippen LogP contribution in [0, 0.1) is 0 Å².